The van der Waals surface area contributed by atoms with Gasteiger partial charge in [-0.1, -0.05) is 18.2 Å². The summed E-state index contributed by atoms with van der Waals surface area (Å²) in [4.78, 5) is 28.9. The Kier molecular flexibility index (Phi) is 4.35. The molecule has 7 heteroatoms. The van der Waals surface area contributed by atoms with Gasteiger partial charge in [0.25, 0.3) is 5.91 Å². The normalized spacial score (nSPS) is 15.9. The summed E-state index contributed by atoms with van der Waals surface area (Å²) in [5.74, 6) is 0.669. The van der Waals surface area contributed by atoms with Crippen LogP contribution in [0.25, 0.3) is 10.9 Å². The number of carbonyl (C=O) groups is 2. The monoisotopic (exact) mass is 391 g/mol. The first-order chi connectivity index (χ1) is 14.2. The van der Waals surface area contributed by atoms with Gasteiger partial charge in [-0.15, -0.1) is 0 Å². The molecule has 0 bridgehead atoms. The number of para-hydroxylation sites is 1. The van der Waals surface area contributed by atoms with Crippen molar-refractivity contribution in [3.05, 3.63) is 59.8 Å². The molecule has 0 spiro atoms. The SMILES string of the molecule is O=C(N[C@@H](Cc1c[nH]c2ccccc12)C(=O)NC1CC1)c1ccc2c(c1)OCO2. The molecule has 3 N–H and O–H groups in total. The Bertz CT molecular complexity index is 1090. The highest BCUT2D eigenvalue weighted by Gasteiger charge is 2.29. The molecule has 2 heterocycles. The van der Waals surface area contributed by atoms with E-state index < -0.39 is 6.04 Å². The van der Waals surface area contributed by atoms with Gasteiger partial charge in [0, 0.05) is 35.1 Å². The maximum atomic E-state index is 12.9. The molecule has 0 radical (unpaired) electrons. The Morgan fingerprint density at radius 3 is 2.79 bits per heavy atom. The summed E-state index contributed by atoms with van der Waals surface area (Å²) in [7, 11) is 0. The summed E-state index contributed by atoms with van der Waals surface area (Å²) in [5.41, 5.74) is 2.42. The number of aromatic nitrogens is 1. The number of hydrogen-bond donors (Lipinski definition) is 3. The fourth-order valence-electron chi connectivity index (χ4n) is 3.54. The van der Waals surface area contributed by atoms with E-state index in [-0.39, 0.29) is 24.6 Å². The van der Waals surface area contributed by atoms with E-state index in [0.717, 1.165) is 29.3 Å². The lowest BCUT2D eigenvalue weighted by molar-refractivity contribution is -0.123. The number of carbonyl (C=O) groups excluding carboxylic acids is 2. The van der Waals surface area contributed by atoms with Gasteiger partial charge >= 0.3 is 0 Å². The number of benzene rings is 2. The van der Waals surface area contributed by atoms with Crippen molar-refractivity contribution >= 4 is 22.7 Å². The van der Waals surface area contributed by atoms with Crippen LogP contribution in [0.2, 0.25) is 0 Å². The lowest BCUT2D eigenvalue weighted by Gasteiger charge is -2.18. The summed E-state index contributed by atoms with van der Waals surface area (Å²) >= 11 is 0. The van der Waals surface area contributed by atoms with Crippen LogP contribution in [-0.4, -0.2) is 35.7 Å². The molecule has 2 aliphatic rings. The van der Waals surface area contributed by atoms with Crippen LogP contribution in [0.15, 0.2) is 48.7 Å². The van der Waals surface area contributed by atoms with Crippen LogP contribution in [0.5, 0.6) is 11.5 Å². The Labute approximate surface area is 167 Å². The van der Waals surface area contributed by atoms with Crippen molar-refractivity contribution in [2.75, 3.05) is 6.79 Å². The standard InChI is InChI=1S/C22H21N3O4/c26-21(13-5-8-19-20(10-13)29-12-28-19)25-18(22(27)24-15-6-7-15)9-14-11-23-17-4-2-1-3-16(14)17/h1-5,8,10-11,15,18,23H,6-7,9,12H2,(H,24,27)(H,25,26)/t18-/m0/s1. The third-order valence-corrected chi connectivity index (χ3v) is 5.28. The molecular formula is C22H21N3O4. The average molecular weight is 391 g/mol. The van der Waals surface area contributed by atoms with E-state index in [1.54, 1.807) is 18.2 Å². The predicted molar refractivity (Wildman–Crippen MR) is 107 cm³/mol. The molecule has 1 atom stereocenters. The zero-order chi connectivity index (χ0) is 19.8. The molecule has 148 valence electrons. The molecule has 2 amide bonds. The van der Waals surface area contributed by atoms with Crippen LogP contribution in [0.4, 0.5) is 0 Å². The van der Waals surface area contributed by atoms with Crippen molar-refractivity contribution in [2.45, 2.75) is 31.3 Å². The van der Waals surface area contributed by atoms with Gasteiger partial charge in [0.1, 0.15) is 6.04 Å². The number of H-pyrrole nitrogens is 1. The van der Waals surface area contributed by atoms with Gasteiger partial charge in [-0.3, -0.25) is 9.59 Å². The number of nitrogens with one attached hydrogen (secondary N) is 3. The van der Waals surface area contributed by atoms with E-state index >= 15 is 0 Å². The molecule has 1 aromatic heterocycles. The van der Waals surface area contributed by atoms with Crippen molar-refractivity contribution in [1.82, 2.24) is 15.6 Å². The second-order valence-corrected chi connectivity index (χ2v) is 7.44. The smallest absolute Gasteiger partial charge is 0.252 e. The lowest BCUT2D eigenvalue weighted by Crippen LogP contribution is -2.48. The van der Waals surface area contributed by atoms with Gasteiger partial charge in [-0.2, -0.15) is 0 Å². The van der Waals surface area contributed by atoms with Crippen molar-refractivity contribution < 1.29 is 19.1 Å². The van der Waals surface area contributed by atoms with Crippen LogP contribution in [-0.2, 0) is 11.2 Å². The maximum absolute atomic E-state index is 12.9. The van der Waals surface area contributed by atoms with E-state index in [1.807, 2.05) is 30.5 Å². The number of aromatic amines is 1. The third-order valence-electron chi connectivity index (χ3n) is 5.28. The Morgan fingerprint density at radius 2 is 1.93 bits per heavy atom. The molecule has 2 aromatic carbocycles. The molecule has 3 aromatic rings. The molecule has 5 rings (SSSR count). The molecule has 1 aliphatic carbocycles. The molecule has 1 saturated carbocycles. The van der Waals surface area contributed by atoms with E-state index in [1.165, 1.54) is 0 Å². The van der Waals surface area contributed by atoms with Crippen LogP contribution in [0.1, 0.15) is 28.8 Å². The lowest BCUT2D eigenvalue weighted by atomic mass is 10.0. The van der Waals surface area contributed by atoms with Crippen molar-refractivity contribution in [2.24, 2.45) is 0 Å². The van der Waals surface area contributed by atoms with E-state index in [2.05, 4.69) is 15.6 Å². The minimum Gasteiger partial charge on any atom is -0.454 e. The van der Waals surface area contributed by atoms with Gasteiger partial charge in [-0.05, 0) is 42.7 Å². The first kappa shape index (κ1) is 17.6. The molecule has 1 aliphatic heterocycles. The van der Waals surface area contributed by atoms with E-state index in [4.69, 9.17) is 9.47 Å². The molecule has 7 nitrogen and oxygen atoms in total. The highest BCUT2D eigenvalue weighted by Crippen LogP contribution is 2.32. The third kappa shape index (κ3) is 3.63. The van der Waals surface area contributed by atoms with Gasteiger partial charge in [-0.25, -0.2) is 0 Å². The number of hydrogen-bond acceptors (Lipinski definition) is 4. The predicted octanol–water partition coefficient (Wildman–Crippen LogP) is 2.52. The summed E-state index contributed by atoms with van der Waals surface area (Å²) < 4.78 is 10.6. The first-order valence-corrected chi connectivity index (χ1v) is 9.73. The van der Waals surface area contributed by atoms with Crippen LogP contribution in [0, 0.1) is 0 Å². The first-order valence-electron chi connectivity index (χ1n) is 9.73. The second kappa shape index (κ2) is 7.16. The average Bonchev–Trinajstić information content (AvgIpc) is 3.26. The topological polar surface area (TPSA) is 92.5 Å². The maximum Gasteiger partial charge on any atom is 0.252 e. The van der Waals surface area contributed by atoms with Crippen LogP contribution < -0.4 is 20.1 Å². The highest BCUT2D eigenvalue weighted by molar-refractivity contribution is 5.98. The Morgan fingerprint density at radius 1 is 1.10 bits per heavy atom. The molecule has 1 fully saturated rings. The Balaban J connectivity index is 1.38. The summed E-state index contributed by atoms with van der Waals surface area (Å²) in [5, 5.41) is 6.95. The second-order valence-electron chi connectivity index (χ2n) is 7.44. The van der Waals surface area contributed by atoms with E-state index in [0.29, 0.717) is 23.5 Å². The van der Waals surface area contributed by atoms with Crippen LogP contribution in [0.3, 0.4) is 0 Å². The minimum absolute atomic E-state index is 0.146. The largest absolute Gasteiger partial charge is 0.454 e. The summed E-state index contributed by atoms with van der Waals surface area (Å²) in [6, 6.07) is 12.5. The van der Waals surface area contributed by atoms with Crippen molar-refractivity contribution in [1.29, 1.82) is 0 Å². The van der Waals surface area contributed by atoms with Gasteiger partial charge < -0.3 is 25.1 Å². The molecule has 29 heavy (non-hydrogen) atoms. The number of ether oxygens (including phenoxy) is 2. The minimum atomic E-state index is -0.673. The number of amides is 2. The molecule has 0 unspecified atom stereocenters. The fourth-order valence-corrected chi connectivity index (χ4v) is 3.54. The zero-order valence-electron chi connectivity index (χ0n) is 15.7. The van der Waals surface area contributed by atoms with E-state index in [9.17, 15) is 9.59 Å². The van der Waals surface area contributed by atoms with Crippen LogP contribution >= 0.6 is 0 Å². The zero-order valence-corrected chi connectivity index (χ0v) is 15.7. The van der Waals surface area contributed by atoms with Gasteiger partial charge in [0.05, 0.1) is 0 Å². The molecular weight excluding hydrogens is 370 g/mol. The summed E-state index contributed by atoms with van der Waals surface area (Å²) in [6.45, 7) is 0.146. The number of rotatable bonds is 6. The Hall–Kier alpha value is -3.48. The van der Waals surface area contributed by atoms with Gasteiger partial charge in [0.2, 0.25) is 12.7 Å². The van der Waals surface area contributed by atoms with Gasteiger partial charge in [0.15, 0.2) is 11.5 Å². The highest BCUT2D eigenvalue weighted by atomic mass is 16.7. The van der Waals surface area contributed by atoms with Crippen molar-refractivity contribution in [3.8, 4) is 11.5 Å². The number of fused-ring (bicyclic) bond motifs is 2. The van der Waals surface area contributed by atoms with Crippen molar-refractivity contribution in [3.63, 3.8) is 0 Å². The molecule has 0 saturated heterocycles. The quantitative estimate of drug-likeness (QED) is 0.602. The fraction of sp³-hybridized carbons (Fsp3) is 0.273. The summed E-state index contributed by atoms with van der Waals surface area (Å²) in [6.07, 6.45) is 4.27.